The highest BCUT2D eigenvalue weighted by molar-refractivity contribution is 5.97. The van der Waals surface area contributed by atoms with Gasteiger partial charge in [-0.05, 0) is 89.3 Å². The molecular formula is C29H27NO. The Hall–Kier alpha value is -3.13. The van der Waals surface area contributed by atoms with Crippen molar-refractivity contribution in [1.82, 2.24) is 0 Å². The van der Waals surface area contributed by atoms with E-state index in [0.717, 1.165) is 31.5 Å². The summed E-state index contributed by atoms with van der Waals surface area (Å²) in [5, 5.41) is 2.78. The quantitative estimate of drug-likeness (QED) is 0.480. The van der Waals surface area contributed by atoms with Gasteiger partial charge in [-0.3, -0.25) is 4.79 Å². The number of aryl methyl sites for hydroxylation is 1. The maximum absolute atomic E-state index is 12.2. The number of rotatable bonds is 3. The summed E-state index contributed by atoms with van der Waals surface area (Å²) in [6.45, 7) is 0.842. The summed E-state index contributed by atoms with van der Waals surface area (Å²) < 4.78 is 0. The van der Waals surface area contributed by atoms with Crippen molar-refractivity contribution in [2.24, 2.45) is 0 Å². The molecule has 0 atom stereocenters. The van der Waals surface area contributed by atoms with Crippen LogP contribution in [0.4, 0.5) is 5.69 Å². The number of carbonyl (C=O) groups excluding carboxylic acids is 1. The van der Waals surface area contributed by atoms with Gasteiger partial charge in [0.1, 0.15) is 0 Å². The van der Waals surface area contributed by atoms with Crippen LogP contribution in [0.5, 0.6) is 0 Å². The van der Waals surface area contributed by atoms with Crippen molar-refractivity contribution >= 4 is 27.9 Å². The SMILES string of the molecule is O=C1CCCN1c1cccc(Cc2cccc3ccc4c(c23)CCC2=C4C=CCC2)c1. The number of fused-ring (bicyclic) bond motifs is 4. The van der Waals surface area contributed by atoms with Gasteiger partial charge in [-0.15, -0.1) is 0 Å². The molecule has 0 bridgehead atoms. The zero-order valence-electron chi connectivity index (χ0n) is 17.9. The average Bonchev–Trinajstić information content (AvgIpc) is 3.25. The molecule has 0 unspecified atom stereocenters. The van der Waals surface area contributed by atoms with E-state index in [1.807, 2.05) is 4.90 Å². The summed E-state index contributed by atoms with van der Waals surface area (Å²) in [4.78, 5) is 14.2. The Bertz CT molecular complexity index is 1260. The van der Waals surface area contributed by atoms with Crippen LogP contribution in [0.25, 0.3) is 16.3 Å². The second-order valence-electron chi connectivity index (χ2n) is 9.06. The lowest BCUT2D eigenvalue weighted by atomic mass is 9.78. The Morgan fingerprint density at radius 1 is 0.903 bits per heavy atom. The van der Waals surface area contributed by atoms with Gasteiger partial charge >= 0.3 is 0 Å². The van der Waals surface area contributed by atoms with E-state index in [1.54, 1.807) is 5.57 Å². The molecule has 3 aromatic rings. The van der Waals surface area contributed by atoms with Gasteiger partial charge in [0.05, 0.1) is 0 Å². The third-order valence-corrected chi connectivity index (χ3v) is 7.17. The molecule has 154 valence electrons. The van der Waals surface area contributed by atoms with Crippen molar-refractivity contribution < 1.29 is 4.79 Å². The lowest BCUT2D eigenvalue weighted by molar-refractivity contribution is -0.117. The zero-order chi connectivity index (χ0) is 20.8. The smallest absolute Gasteiger partial charge is 0.227 e. The number of amides is 1. The first-order valence-electron chi connectivity index (χ1n) is 11.6. The zero-order valence-corrected chi connectivity index (χ0v) is 17.9. The molecule has 3 aromatic carbocycles. The molecular weight excluding hydrogens is 378 g/mol. The fraction of sp³-hybridized carbons (Fsp3) is 0.276. The van der Waals surface area contributed by atoms with Gasteiger partial charge in [-0.1, -0.05) is 60.2 Å². The highest BCUT2D eigenvalue weighted by atomic mass is 16.2. The summed E-state index contributed by atoms with van der Waals surface area (Å²) in [6, 6.07) is 19.9. The molecule has 0 N–H and O–H groups in total. The summed E-state index contributed by atoms with van der Waals surface area (Å²) in [5.74, 6) is 0.251. The molecule has 2 nitrogen and oxygen atoms in total. The number of carbonyl (C=O) groups is 1. The van der Waals surface area contributed by atoms with Crippen LogP contribution in [0, 0.1) is 0 Å². The first-order chi connectivity index (χ1) is 15.3. The van der Waals surface area contributed by atoms with Crippen LogP contribution in [-0.4, -0.2) is 12.5 Å². The number of benzene rings is 3. The number of nitrogens with zero attached hydrogens (tertiary/aromatic N) is 1. The first kappa shape index (κ1) is 18.6. The van der Waals surface area contributed by atoms with Crippen LogP contribution in [0.3, 0.4) is 0 Å². The van der Waals surface area contributed by atoms with E-state index in [4.69, 9.17) is 0 Å². The molecule has 1 fully saturated rings. The van der Waals surface area contributed by atoms with Crippen LogP contribution in [-0.2, 0) is 17.6 Å². The van der Waals surface area contributed by atoms with E-state index in [2.05, 4.69) is 66.7 Å². The minimum Gasteiger partial charge on any atom is -0.312 e. The standard InChI is InChI=1S/C29H27NO/c31-28-12-5-17-30(28)24-10-3-6-20(19-24)18-23-9-4-8-22-14-15-26-25-11-2-1-7-21(25)13-16-27(26)29(22)23/h2-4,6,8-11,14-15,19H,1,5,7,12-13,16-18H2. The molecule has 0 aromatic heterocycles. The van der Waals surface area contributed by atoms with Crippen molar-refractivity contribution in [3.8, 4) is 0 Å². The maximum atomic E-state index is 12.2. The molecule has 0 saturated carbocycles. The van der Waals surface area contributed by atoms with Gasteiger partial charge in [0, 0.05) is 18.7 Å². The van der Waals surface area contributed by atoms with Crippen molar-refractivity contribution in [3.63, 3.8) is 0 Å². The van der Waals surface area contributed by atoms with E-state index in [9.17, 15) is 4.79 Å². The number of anilines is 1. The van der Waals surface area contributed by atoms with Gasteiger partial charge in [-0.25, -0.2) is 0 Å². The van der Waals surface area contributed by atoms with Gasteiger partial charge in [0.25, 0.3) is 0 Å². The minimum absolute atomic E-state index is 0.251. The molecule has 1 aliphatic heterocycles. The van der Waals surface area contributed by atoms with Crippen molar-refractivity contribution in [3.05, 3.63) is 94.6 Å². The topological polar surface area (TPSA) is 20.3 Å². The normalized spacial score (nSPS) is 17.9. The van der Waals surface area contributed by atoms with Gasteiger partial charge < -0.3 is 4.90 Å². The van der Waals surface area contributed by atoms with Gasteiger partial charge in [-0.2, -0.15) is 0 Å². The van der Waals surface area contributed by atoms with Crippen molar-refractivity contribution in [1.29, 1.82) is 0 Å². The van der Waals surface area contributed by atoms with Crippen molar-refractivity contribution in [2.45, 2.75) is 44.9 Å². The molecule has 31 heavy (non-hydrogen) atoms. The molecule has 1 amide bonds. The molecule has 1 saturated heterocycles. The second-order valence-corrected chi connectivity index (χ2v) is 9.06. The molecule has 0 spiro atoms. The van der Waals surface area contributed by atoms with Gasteiger partial charge in [0.2, 0.25) is 5.91 Å². The van der Waals surface area contributed by atoms with Crippen molar-refractivity contribution in [2.75, 3.05) is 11.4 Å². The monoisotopic (exact) mass is 405 g/mol. The van der Waals surface area contributed by atoms with Crippen LogP contribution in [0.15, 0.2) is 72.3 Å². The summed E-state index contributed by atoms with van der Waals surface area (Å²) in [6.07, 6.45) is 11.9. The second kappa shape index (κ2) is 7.53. The van der Waals surface area contributed by atoms with Crippen LogP contribution in [0.1, 0.15) is 54.4 Å². The molecule has 3 aliphatic rings. The highest BCUT2D eigenvalue weighted by Gasteiger charge is 2.23. The summed E-state index contributed by atoms with van der Waals surface area (Å²) >= 11 is 0. The molecule has 6 rings (SSSR count). The predicted octanol–water partition coefficient (Wildman–Crippen LogP) is 6.61. The largest absolute Gasteiger partial charge is 0.312 e. The Morgan fingerprint density at radius 3 is 2.74 bits per heavy atom. The Balaban J connectivity index is 1.43. The Labute approximate surface area is 183 Å². The predicted molar refractivity (Wildman–Crippen MR) is 128 cm³/mol. The summed E-state index contributed by atoms with van der Waals surface area (Å²) in [7, 11) is 0. The van der Waals surface area contributed by atoms with Crippen LogP contribution in [0.2, 0.25) is 0 Å². The fourth-order valence-corrected chi connectivity index (χ4v) is 5.70. The Kier molecular flexibility index (Phi) is 4.52. The molecule has 2 aliphatic carbocycles. The van der Waals surface area contributed by atoms with E-state index in [1.165, 1.54) is 57.9 Å². The fourth-order valence-electron chi connectivity index (χ4n) is 5.70. The lowest BCUT2D eigenvalue weighted by Gasteiger charge is -2.26. The molecule has 2 heteroatoms. The number of allylic oxidation sites excluding steroid dienone is 4. The first-order valence-corrected chi connectivity index (χ1v) is 11.6. The number of hydrogen-bond donors (Lipinski definition) is 0. The molecule has 0 radical (unpaired) electrons. The highest BCUT2D eigenvalue weighted by Crippen LogP contribution is 2.41. The number of hydrogen-bond acceptors (Lipinski definition) is 1. The van der Waals surface area contributed by atoms with E-state index < -0.39 is 0 Å². The lowest BCUT2D eigenvalue weighted by Crippen LogP contribution is -2.23. The van der Waals surface area contributed by atoms with Crippen LogP contribution < -0.4 is 4.90 Å². The van der Waals surface area contributed by atoms with Crippen LogP contribution >= 0.6 is 0 Å². The average molecular weight is 406 g/mol. The third kappa shape index (κ3) is 3.22. The third-order valence-electron chi connectivity index (χ3n) is 7.17. The summed E-state index contributed by atoms with van der Waals surface area (Å²) in [5.41, 5.74) is 9.77. The molecule has 1 heterocycles. The minimum atomic E-state index is 0.251. The van der Waals surface area contributed by atoms with Gasteiger partial charge in [0.15, 0.2) is 0 Å². The van der Waals surface area contributed by atoms with E-state index in [-0.39, 0.29) is 5.91 Å². The maximum Gasteiger partial charge on any atom is 0.227 e. The van der Waals surface area contributed by atoms with E-state index in [0.29, 0.717) is 6.42 Å². The van der Waals surface area contributed by atoms with E-state index >= 15 is 0 Å². The Morgan fingerprint density at radius 2 is 1.84 bits per heavy atom.